The van der Waals surface area contributed by atoms with E-state index in [0.717, 1.165) is 29.5 Å². The van der Waals surface area contributed by atoms with Gasteiger partial charge in [0.15, 0.2) is 0 Å². The van der Waals surface area contributed by atoms with Crippen molar-refractivity contribution >= 4 is 0 Å². The van der Waals surface area contributed by atoms with Gasteiger partial charge in [-0.15, -0.1) is 0 Å². The summed E-state index contributed by atoms with van der Waals surface area (Å²) in [5.74, 6) is -0.587. The van der Waals surface area contributed by atoms with Crippen molar-refractivity contribution in [2.45, 2.75) is 18.5 Å². The van der Waals surface area contributed by atoms with Gasteiger partial charge in [-0.3, -0.25) is 4.98 Å². The van der Waals surface area contributed by atoms with E-state index in [1.807, 2.05) is 42.5 Å². The summed E-state index contributed by atoms with van der Waals surface area (Å²) < 4.78 is 39.3. The van der Waals surface area contributed by atoms with E-state index in [1.54, 1.807) is 12.3 Å². The summed E-state index contributed by atoms with van der Waals surface area (Å²) >= 11 is 0. The second-order valence-corrected chi connectivity index (χ2v) is 5.76. The van der Waals surface area contributed by atoms with E-state index in [4.69, 9.17) is 0 Å². The average molecular weight is 343 g/mol. The second-order valence-electron chi connectivity index (χ2n) is 5.76. The van der Waals surface area contributed by atoms with E-state index >= 15 is 0 Å². The number of halogens is 3. The lowest BCUT2D eigenvalue weighted by Gasteiger charge is -2.20. The largest absolute Gasteiger partial charge is 0.508 e. The summed E-state index contributed by atoms with van der Waals surface area (Å²) in [6.07, 6.45) is -2.43. The maximum Gasteiger partial charge on any atom is 0.416 e. The minimum absolute atomic E-state index is 0.155. The molecule has 25 heavy (non-hydrogen) atoms. The molecule has 0 saturated heterocycles. The van der Waals surface area contributed by atoms with E-state index in [9.17, 15) is 18.3 Å². The van der Waals surface area contributed by atoms with Crippen molar-refractivity contribution in [1.29, 1.82) is 0 Å². The van der Waals surface area contributed by atoms with Crippen LogP contribution in [0.4, 0.5) is 13.2 Å². The molecule has 1 aromatic heterocycles. The minimum Gasteiger partial charge on any atom is -0.508 e. The third-order valence-electron chi connectivity index (χ3n) is 4.07. The smallest absolute Gasteiger partial charge is 0.416 e. The molecule has 1 atom stereocenters. The summed E-state index contributed by atoms with van der Waals surface area (Å²) in [6, 6.07) is 17.6. The fourth-order valence-corrected chi connectivity index (χ4v) is 2.83. The Bertz CT molecular complexity index is 833. The number of aromatic nitrogens is 1. The molecule has 1 unspecified atom stereocenters. The van der Waals surface area contributed by atoms with Crippen molar-refractivity contribution in [3.63, 3.8) is 0 Å². The van der Waals surface area contributed by atoms with Gasteiger partial charge >= 0.3 is 6.18 Å². The molecule has 0 radical (unpaired) electrons. The molecular weight excluding hydrogens is 327 g/mol. The summed E-state index contributed by atoms with van der Waals surface area (Å²) in [5, 5.41) is 10.2. The maximum absolute atomic E-state index is 13.1. The van der Waals surface area contributed by atoms with Crippen LogP contribution in [0.2, 0.25) is 0 Å². The quantitative estimate of drug-likeness (QED) is 0.708. The Balaban J connectivity index is 2.09. The Labute approximate surface area is 143 Å². The molecule has 2 nitrogen and oxygen atoms in total. The third-order valence-corrected chi connectivity index (χ3v) is 4.07. The van der Waals surface area contributed by atoms with Crippen LogP contribution in [0.15, 0.2) is 72.9 Å². The lowest BCUT2D eigenvalue weighted by Crippen LogP contribution is -2.10. The van der Waals surface area contributed by atoms with Gasteiger partial charge in [-0.1, -0.05) is 36.4 Å². The van der Waals surface area contributed by atoms with Crippen molar-refractivity contribution in [1.82, 2.24) is 4.98 Å². The maximum atomic E-state index is 13.1. The van der Waals surface area contributed by atoms with Crippen molar-refractivity contribution in [3.05, 3.63) is 95.3 Å². The monoisotopic (exact) mass is 343 g/mol. The number of phenols is 1. The highest BCUT2D eigenvalue weighted by Gasteiger charge is 2.32. The summed E-state index contributed by atoms with van der Waals surface area (Å²) in [6.45, 7) is 0. The summed E-state index contributed by atoms with van der Waals surface area (Å²) in [4.78, 5) is 4.27. The van der Waals surface area contributed by atoms with Gasteiger partial charge in [0.2, 0.25) is 0 Å². The second kappa shape index (κ2) is 6.97. The first kappa shape index (κ1) is 17.0. The number of aromatic hydroxyl groups is 1. The van der Waals surface area contributed by atoms with E-state index in [0.29, 0.717) is 6.42 Å². The standard InChI is InChI=1S/C20H16F3NO/c21-20(22,23)15-9-10-19(25)18(12-15)17(14-6-2-1-3-7-14)13-16-8-4-5-11-24-16/h1-12,17,25H,13H2. The number of phenolic OH excluding ortho intramolecular Hbond substituents is 1. The van der Waals surface area contributed by atoms with E-state index in [-0.39, 0.29) is 11.3 Å². The van der Waals surface area contributed by atoms with Crippen molar-refractivity contribution < 1.29 is 18.3 Å². The topological polar surface area (TPSA) is 33.1 Å². The molecule has 3 rings (SSSR count). The van der Waals surface area contributed by atoms with Crippen LogP contribution in [0.25, 0.3) is 0 Å². The van der Waals surface area contributed by atoms with Crippen molar-refractivity contribution in [2.75, 3.05) is 0 Å². The first-order chi connectivity index (χ1) is 11.9. The van der Waals surface area contributed by atoms with Gasteiger partial charge in [0.1, 0.15) is 5.75 Å². The van der Waals surface area contributed by atoms with Crippen molar-refractivity contribution in [2.24, 2.45) is 0 Å². The first-order valence-corrected chi connectivity index (χ1v) is 7.80. The summed E-state index contributed by atoms with van der Waals surface area (Å²) in [5.41, 5.74) is 1.03. The molecule has 3 aromatic rings. The number of nitrogens with zero attached hydrogens (tertiary/aromatic N) is 1. The van der Waals surface area contributed by atoms with Crippen LogP contribution in [0, 0.1) is 0 Å². The molecule has 5 heteroatoms. The van der Waals surface area contributed by atoms with Gasteiger partial charge in [0, 0.05) is 29.8 Å². The molecule has 0 aliphatic carbocycles. The molecule has 0 amide bonds. The number of rotatable bonds is 4. The van der Waals surface area contributed by atoms with Gasteiger partial charge in [-0.2, -0.15) is 13.2 Å². The number of alkyl halides is 3. The van der Waals surface area contributed by atoms with Gasteiger partial charge in [-0.25, -0.2) is 0 Å². The highest BCUT2D eigenvalue weighted by Crippen LogP contribution is 2.38. The zero-order valence-corrected chi connectivity index (χ0v) is 13.2. The molecule has 2 aromatic carbocycles. The van der Waals surface area contributed by atoms with Gasteiger partial charge in [-0.05, 0) is 35.9 Å². The predicted molar refractivity (Wildman–Crippen MR) is 89.3 cm³/mol. The van der Waals surface area contributed by atoms with Crippen LogP contribution in [0.1, 0.15) is 28.3 Å². The summed E-state index contributed by atoms with van der Waals surface area (Å²) in [7, 11) is 0. The number of hydrogen-bond donors (Lipinski definition) is 1. The van der Waals surface area contributed by atoms with Crippen LogP contribution in [0.3, 0.4) is 0 Å². The molecule has 1 N–H and O–H groups in total. The zero-order chi connectivity index (χ0) is 17.9. The Hall–Kier alpha value is -2.82. The SMILES string of the molecule is Oc1ccc(C(F)(F)F)cc1C(Cc1ccccn1)c1ccccc1. The molecule has 128 valence electrons. The normalized spacial score (nSPS) is 12.8. The molecule has 0 saturated carbocycles. The number of hydrogen-bond acceptors (Lipinski definition) is 2. The van der Waals surface area contributed by atoms with Crippen LogP contribution in [-0.2, 0) is 12.6 Å². The fourth-order valence-electron chi connectivity index (χ4n) is 2.83. The predicted octanol–water partition coefficient (Wildman–Crippen LogP) is 5.18. The minimum atomic E-state index is -4.46. The molecule has 0 aliphatic heterocycles. The molecule has 0 aliphatic rings. The van der Waals surface area contributed by atoms with Gasteiger partial charge in [0.05, 0.1) is 5.56 Å². The molecule has 0 spiro atoms. The molecular formula is C20H16F3NO. The Morgan fingerprint density at radius 3 is 2.28 bits per heavy atom. The van der Waals surface area contributed by atoms with Crippen LogP contribution < -0.4 is 0 Å². The third kappa shape index (κ3) is 3.99. The van der Waals surface area contributed by atoms with E-state index in [2.05, 4.69) is 4.98 Å². The lowest BCUT2D eigenvalue weighted by molar-refractivity contribution is -0.137. The zero-order valence-electron chi connectivity index (χ0n) is 13.2. The highest BCUT2D eigenvalue weighted by molar-refractivity contribution is 5.45. The number of benzene rings is 2. The van der Waals surface area contributed by atoms with E-state index in [1.165, 1.54) is 0 Å². The van der Waals surface area contributed by atoms with E-state index < -0.39 is 17.7 Å². The van der Waals surface area contributed by atoms with Gasteiger partial charge < -0.3 is 5.11 Å². The Kier molecular flexibility index (Phi) is 4.74. The molecule has 0 bridgehead atoms. The first-order valence-electron chi connectivity index (χ1n) is 7.80. The molecule has 0 fully saturated rings. The van der Waals surface area contributed by atoms with Gasteiger partial charge in [0.25, 0.3) is 0 Å². The van der Waals surface area contributed by atoms with Crippen molar-refractivity contribution in [3.8, 4) is 5.75 Å². The Morgan fingerprint density at radius 2 is 1.64 bits per heavy atom. The molecule has 1 heterocycles. The van der Waals surface area contributed by atoms with Crippen LogP contribution in [0.5, 0.6) is 5.75 Å². The number of pyridine rings is 1. The fraction of sp³-hybridized carbons (Fsp3) is 0.150. The van der Waals surface area contributed by atoms with Crippen LogP contribution >= 0.6 is 0 Å². The lowest BCUT2D eigenvalue weighted by atomic mass is 9.86. The Morgan fingerprint density at radius 1 is 0.920 bits per heavy atom. The average Bonchev–Trinajstić information content (AvgIpc) is 2.61. The van der Waals surface area contributed by atoms with Crippen LogP contribution in [-0.4, -0.2) is 10.1 Å². The highest BCUT2D eigenvalue weighted by atomic mass is 19.4.